The van der Waals surface area contributed by atoms with Crippen LogP contribution in [0.4, 0.5) is 8.78 Å². The predicted molar refractivity (Wildman–Crippen MR) is 148 cm³/mol. The number of nitrogens with zero attached hydrogens (tertiary/aromatic N) is 3. The number of alkyl halides is 1. The monoisotopic (exact) mass is 517 g/mol. The van der Waals surface area contributed by atoms with Gasteiger partial charge in [0.15, 0.2) is 5.54 Å². The Balaban J connectivity index is 1.31. The summed E-state index contributed by atoms with van der Waals surface area (Å²) >= 11 is 0. The smallest absolute Gasteiger partial charge is 0.265 e. The van der Waals surface area contributed by atoms with Crippen LogP contribution in [-0.4, -0.2) is 53.9 Å². The fraction of sp³-hybridized carbons (Fsp3) is 0.438. The van der Waals surface area contributed by atoms with Gasteiger partial charge in [-0.1, -0.05) is 74.5 Å². The van der Waals surface area contributed by atoms with Gasteiger partial charge in [0, 0.05) is 18.9 Å². The molecule has 0 bridgehead atoms. The zero-order valence-electron chi connectivity index (χ0n) is 22.3. The molecule has 1 fully saturated rings. The summed E-state index contributed by atoms with van der Waals surface area (Å²) in [6.45, 7) is 7.68. The molecule has 200 valence electrons. The molecule has 2 aromatic carbocycles. The molecule has 2 aromatic rings. The number of carbonyl (C=O) groups is 1. The van der Waals surface area contributed by atoms with Crippen molar-refractivity contribution in [2.45, 2.75) is 57.2 Å². The minimum Gasteiger partial charge on any atom is -0.303 e. The van der Waals surface area contributed by atoms with Crippen molar-refractivity contribution < 1.29 is 13.6 Å². The van der Waals surface area contributed by atoms with Crippen LogP contribution in [0.2, 0.25) is 0 Å². The molecule has 5 rings (SSSR count). The highest BCUT2D eigenvalue weighted by atomic mass is 19.1. The number of aliphatic imine (C=N–C) groups is 1. The number of halogens is 2. The lowest BCUT2D eigenvalue weighted by Crippen LogP contribution is -2.44. The Kier molecular flexibility index (Phi) is 7.89. The molecule has 1 amide bonds. The molecule has 0 aromatic heterocycles. The molecule has 1 saturated heterocycles. The summed E-state index contributed by atoms with van der Waals surface area (Å²) in [6.07, 6.45) is 7.20. The second kappa shape index (κ2) is 11.3. The molecular formula is C32H37F2N3O. The van der Waals surface area contributed by atoms with Crippen LogP contribution in [0, 0.1) is 11.7 Å². The lowest BCUT2D eigenvalue weighted by Gasteiger charge is -2.33. The van der Waals surface area contributed by atoms with Gasteiger partial charge in [-0.25, -0.2) is 13.8 Å². The van der Waals surface area contributed by atoms with Gasteiger partial charge in [-0.05, 0) is 73.6 Å². The minimum atomic E-state index is -1.31. The van der Waals surface area contributed by atoms with Crippen molar-refractivity contribution in [1.29, 1.82) is 0 Å². The summed E-state index contributed by atoms with van der Waals surface area (Å²) in [6, 6.07) is 16.7. The molecule has 1 aliphatic carbocycles. The van der Waals surface area contributed by atoms with E-state index in [1.54, 1.807) is 24.3 Å². The Hall–Kier alpha value is -3.12. The van der Waals surface area contributed by atoms with Crippen molar-refractivity contribution in [3.05, 3.63) is 95.3 Å². The molecule has 2 heterocycles. The number of likely N-dealkylation sites (tertiary alicyclic amines) is 1. The van der Waals surface area contributed by atoms with E-state index < -0.39 is 11.7 Å². The van der Waals surface area contributed by atoms with Gasteiger partial charge in [0.25, 0.3) is 5.91 Å². The first-order valence-corrected chi connectivity index (χ1v) is 13.9. The third kappa shape index (κ3) is 5.24. The second-order valence-electron chi connectivity index (χ2n) is 10.9. The summed E-state index contributed by atoms with van der Waals surface area (Å²) in [4.78, 5) is 23.6. The van der Waals surface area contributed by atoms with Crippen LogP contribution in [0.1, 0.15) is 56.6 Å². The average molecular weight is 518 g/mol. The highest BCUT2D eigenvalue weighted by molar-refractivity contribution is 6.11. The summed E-state index contributed by atoms with van der Waals surface area (Å²) in [5.74, 6) is 0.879. The van der Waals surface area contributed by atoms with Gasteiger partial charge < -0.3 is 4.90 Å². The standard InChI is InChI=1S/C32H37F2N3O/c1-23(2)30-35-32(26-9-13-28(33)14-10-26,27-11-15-29(34)16-12-27)31(38)37(30)20-6-19-36-21-17-25(18-22-36)24-7-4-3-5-8-24/h3-5,7-15,23,25,29H,6,16-22H2,1-2H3. The van der Waals surface area contributed by atoms with E-state index in [2.05, 4.69) is 35.2 Å². The van der Waals surface area contributed by atoms with E-state index in [0.717, 1.165) is 44.7 Å². The van der Waals surface area contributed by atoms with Gasteiger partial charge in [-0.15, -0.1) is 0 Å². The van der Waals surface area contributed by atoms with Gasteiger partial charge in [-0.3, -0.25) is 9.69 Å². The maximum absolute atomic E-state index is 14.2. The van der Waals surface area contributed by atoms with E-state index in [4.69, 9.17) is 4.99 Å². The van der Waals surface area contributed by atoms with Crippen LogP contribution in [-0.2, 0) is 10.3 Å². The zero-order chi connectivity index (χ0) is 26.7. The number of allylic oxidation sites excluding steroid dienone is 2. The quantitative estimate of drug-likeness (QED) is 0.406. The minimum absolute atomic E-state index is 0.0324. The topological polar surface area (TPSA) is 35.9 Å². The van der Waals surface area contributed by atoms with Crippen molar-refractivity contribution in [3.63, 3.8) is 0 Å². The first kappa shape index (κ1) is 26.5. The molecule has 0 N–H and O–H groups in total. The van der Waals surface area contributed by atoms with Crippen molar-refractivity contribution in [2.24, 2.45) is 10.9 Å². The molecule has 38 heavy (non-hydrogen) atoms. The van der Waals surface area contributed by atoms with Crippen molar-refractivity contribution in [1.82, 2.24) is 9.80 Å². The largest absolute Gasteiger partial charge is 0.303 e. The van der Waals surface area contributed by atoms with Crippen molar-refractivity contribution >= 4 is 11.7 Å². The van der Waals surface area contributed by atoms with Gasteiger partial charge >= 0.3 is 0 Å². The maximum atomic E-state index is 14.2. The maximum Gasteiger partial charge on any atom is 0.265 e. The molecule has 2 atom stereocenters. The molecule has 6 heteroatoms. The Bertz CT molecular complexity index is 1210. The zero-order valence-corrected chi connectivity index (χ0v) is 22.3. The van der Waals surface area contributed by atoms with Gasteiger partial charge in [0.05, 0.1) is 0 Å². The van der Waals surface area contributed by atoms with E-state index in [0.29, 0.717) is 23.6 Å². The van der Waals surface area contributed by atoms with Crippen LogP contribution in [0.25, 0.3) is 0 Å². The average Bonchev–Trinajstić information content (AvgIpc) is 3.23. The number of amidine groups is 1. The number of hydrogen-bond donors (Lipinski definition) is 0. The van der Waals surface area contributed by atoms with E-state index in [1.165, 1.54) is 23.8 Å². The molecular weight excluding hydrogens is 480 g/mol. The van der Waals surface area contributed by atoms with Crippen LogP contribution in [0.5, 0.6) is 0 Å². The summed E-state index contributed by atoms with van der Waals surface area (Å²) in [5.41, 5.74) is 1.39. The van der Waals surface area contributed by atoms with Crippen LogP contribution >= 0.6 is 0 Å². The lowest BCUT2D eigenvalue weighted by molar-refractivity contribution is -0.130. The molecule has 0 saturated carbocycles. The van der Waals surface area contributed by atoms with E-state index in [9.17, 15) is 13.6 Å². The third-order valence-corrected chi connectivity index (χ3v) is 8.07. The first-order chi connectivity index (χ1) is 18.4. The van der Waals surface area contributed by atoms with Crippen LogP contribution in [0.15, 0.2) is 83.4 Å². The van der Waals surface area contributed by atoms with Crippen molar-refractivity contribution in [2.75, 3.05) is 26.2 Å². The second-order valence-corrected chi connectivity index (χ2v) is 10.9. The Labute approximate surface area is 224 Å². The third-order valence-electron chi connectivity index (χ3n) is 8.07. The lowest BCUT2D eigenvalue weighted by atomic mass is 9.80. The molecule has 2 aliphatic heterocycles. The number of amides is 1. The molecule has 4 nitrogen and oxygen atoms in total. The number of carbonyl (C=O) groups excluding carboxylic acids is 1. The predicted octanol–water partition coefficient (Wildman–Crippen LogP) is 6.41. The van der Waals surface area contributed by atoms with Gasteiger partial charge in [-0.2, -0.15) is 0 Å². The Morgan fingerprint density at radius 1 is 1.03 bits per heavy atom. The van der Waals surface area contributed by atoms with Crippen molar-refractivity contribution in [3.8, 4) is 0 Å². The van der Waals surface area contributed by atoms with Gasteiger partial charge in [0.2, 0.25) is 0 Å². The fourth-order valence-corrected chi connectivity index (χ4v) is 6.00. The van der Waals surface area contributed by atoms with E-state index in [-0.39, 0.29) is 24.1 Å². The molecule has 2 unspecified atom stereocenters. The normalized spacial score (nSPS) is 24.7. The highest BCUT2D eigenvalue weighted by Gasteiger charge is 2.52. The Morgan fingerprint density at radius 3 is 2.37 bits per heavy atom. The number of benzene rings is 2. The highest BCUT2D eigenvalue weighted by Crippen LogP contribution is 2.43. The first-order valence-electron chi connectivity index (χ1n) is 13.9. The molecule has 0 radical (unpaired) electrons. The van der Waals surface area contributed by atoms with Gasteiger partial charge in [0.1, 0.15) is 17.8 Å². The summed E-state index contributed by atoms with van der Waals surface area (Å²) in [5, 5.41) is 0. The number of piperidine rings is 1. The summed E-state index contributed by atoms with van der Waals surface area (Å²) in [7, 11) is 0. The number of rotatable bonds is 8. The summed E-state index contributed by atoms with van der Waals surface area (Å²) < 4.78 is 27.8. The molecule has 0 spiro atoms. The number of hydrogen-bond acceptors (Lipinski definition) is 3. The fourth-order valence-electron chi connectivity index (χ4n) is 6.00. The SMILES string of the molecule is CC(C)C1=NC(C2=CCC(F)C=C2)(c2ccc(F)cc2)C(=O)N1CCCN1CCC(c2ccccc2)CC1. The Morgan fingerprint density at radius 2 is 1.74 bits per heavy atom. The van der Waals surface area contributed by atoms with E-state index in [1.807, 2.05) is 18.7 Å². The van der Waals surface area contributed by atoms with E-state index >= 15 is 0 Å². The van der Waals surface area contributed by atoms with Crippen LogP contribution in [0.3, 0.4) is 0 Å². The van der Waals surface area contributed by atoms with Crippen LogP contribution < -0.4 is 0 Å². The molecule has 3 aliphatic rings.